The molecule has 4 aromatic rings. The van der Waals surface area contributed by atoms with E-state index in [4.69, 9.17) is 0 Å². The van der Waals surface area contributed by atoms with Gasteiger partial charge in [-0.25, -0.2) is 0 Å². The first kappa shape index (κ1) is 15.6. The Hall–Kier alpha value is -3.32. The van der Waals surface area contributed by atoms with Crippen LogP contribution in [0.25, 0.3) is 22.3 Å². The molecule has 7 rings (SSSR count). The second-order valence-electron chi connectivity index (χ2n) is 8.65. The van der Waals surface area contributed by atoms with Gasteiger partial charge in [-0.05, 0) is 69.0 Å². The molecule has 0 aromatic heterocycles. The first-order valence-electron chi connectivity index (χ1n) is 10.5. The highest BCUT2D eigenvalue weighted by Crippen LogP contribution is 2.51. The van der Waals surface area contributed by atoms with E-state index >= 15 is 0 Å². The molecule has 2 aliphatic carbocycles. The van der Waals surface area contributed by atoms with Crippen LogP contribution in [0.3, 0.4) is 0 Å². The van der Waals surface area contributed by atoms with Gasteiger partial charge in [0.2, 0.25) is 0 Å². The molecule has 0 spiro atoms. The lowest BCUT2D eigenvalue weighted by Crippen LogP contribution is -2.20. The summed E-state index contributed by atoms with van der Waals surface area (Å²) in [4.78, 5) is 2.45. The molecule has 0 amide bonds. The lowest BCUT2D eigenvalue weighted by Gasteiger charge is -2.33. The molecule has 0 bridgehead atoms. The molecule has 0 atom stereocenters. The van der Waals surface area contributed by atoms with Crippen molar-refractivity contribution >= 4 is 11.4 Å². The Morgan fingerprint density at radius 2 is 1.21 bits per heavy atom. The highest BCUT2D eigenvalue weighted by Gasteiger charge is 2.30. The molecule has 0 fully saturated rings. The summed E-state index contributed by atoms with van der Waals surface area (Å²) in [5, 5.41) is 0. The van der Waals surface area contributed by atoms with Crippen molar-refractivity contribution in [2.45, 2.75) is 19.3 Å². The van der Waals surface area contributed by atoms with E-state index in [0.29, 0.717) is 0 Å². The average Bonchev–Trinajstić information content (AvgIpc) is 3.30. The third-order valence-corrected chi connectivity index (χ3v) is 7.09. The number of fused-ring (bicyclic) bond motifs is 9. The van der Waals surface area contributed by atoms with E-state index in [1.54, 1.807) is 0 Å². The minimum Gasteiger partial charge on any atom is -0.344 e. The van der Waals surface area contributed by atoms with Crippen LogP contribution in [-0.4, -0.2) is 7.05 Å². The van der Waals surface area contributed by atoms with Crippen molar-refractivity contribution in [2.75, 3.05) is 11.9 Å². The summed E-state index contributed by atoms with van der Waals surface area (Å²) in [5.74, 6) is 0. The van der Waals surface area contributed by atoms with Gasteiger partial charge >= 0.3 is 0 Å². The maximum absolute atomic E-state index is 2.46. The third-order valence-electron chi connectivity index (χ3n) is 7.09. The number of nitrogens with zero attached hydrogens (tertiary/aromatic N) is 1. The minimum atomic E-state index is 1.02. The molecule has 0 unspecified atom stereocenters. The summed E-state index contributed by atoms with van der Waals surface area (Å²) in [6.45, 7) is 0. The number of rotatable bonds is 0. The van der Waals surface area contributed by atoms with Crippen LogP contribution in [-0.2, 0) is 19.3 Å². The normalized spacial score (nSPS) is 14.6. The maximum atomic E-state index is 2.46. The lowest BCUT2D eigenvalue weighted by atomic mass is 9.88. The zero-order chi connectivity index (χ0) is 19.1. The Kier molecular flexibility index (Phi) is 2.90. The van der Waals surface area contributed by atoms with Crippen LogP contribution in [0.1, 0.15) is 33.4 Å². The zero-order valence-electron chi connectivity index (χ0n) is 16.5. The average molecular weight is 371 g/mol. The van der Waals surface area contributed by atoms with Gasteiger partial charge in [-0.2, -0.15) is 0 Å². The predicted molar refractivity (Wildman–Crippen MR) is 120 cm³/mol. The number of benzene rings is 4. The van der Waals surface area contributed by atoms with Crippen LogP contribution in [0.15, 0.2) is 72.8 Å². The van der Waals surface area contributed by atoms with E-state index in [0.717, 1.165) is 19.3 Å². The van der Waals surface area contributed by atoms with Gasteiger partial charge in [0.25, 0.3) is 0 Å². The first-order valence-corrected chi connectivity index (χ1v) is 10.5. The smallest absolute Gasteiger partial charge is 0.0526 e. The summed E-state index contributed by atoms with van der Waals surface area (Å²) in [5.41, 5.74) is 17.2. The molecule has 0 radical (unpaired) electrons. The van der Waals surface area contributed by atoms with Crippen molar-refractivity contribution < 1.29 is 0 Å². The van der Waals surface area contributed by atoms with Crippen molar-refractivity contribution in [3.8, 4) is 22.3 Å². The Morgan fingerprint density at radius 3 is 2.07 bits per heavy atom. The van der Waals surface area contributed by atoms with Gasteiger partial charge in [0, 0.05) is 24.7 Å². The lowest BCUT2D eigenvalue weighted by molar-refractivity contribution is 1.05. The molecule has 4 aromatic carbocycles. The highest BCUT2D eigenvalue weighted by atomic mass is 15.1. The maximum Gasteiger partial charge on any atom is 0.0526 e. The van der Waals surface area contributed by atoms with Crippen LogP contribution in [0.2, 0.25) is 0 Å². The zero-order valence-corrected chi connectivity index (χ0v) is 16.5. The van der Waals surface area contributed by atoms with E-state index in [1.807, 2.05) is 0 Å². The molecular weight excluding hydrogens is 350 g/mol. The standard InChI is InChI=1S/C28H21N/c1-29-26-16-25-21(13-17-6-2-4-8-23(17)25)15-22(26)14-20-11-10-19-12-18-7-3-5-9-24(18)27(19)28(20)29/h2-11,15-16H,12-14H2,1H3. The Balaban J connectivity index is 1.44. The van der Waals surface area contributed by atoms with Crippen molar-refractivity contribution in [2.24, 2.45) is 0 Å². The Labute approximate surface area is 171 Å². The Bertz CT molecular complexity index is 1340. The molecule has 0 N–H and O–H groups in total. The largest absolute Gasteiger partial charge is 0.344 e. The summed E-state index contributed by atoms with van der Waals surface area (Å²) in [6.07, 6.45) is 3.14. The van der Waals surface area contributed by atoms with Gasteiger partial charge in [-0.15, -0.1) is 0 Å². The second kappa shape index (κ2) is 5.39. The van der Waals surface area contributed by atoms with Gasteiger partial charge in [0.15, 0.2) is 0 Å². The second-order valence-corrected chi connectivity index (χ2v) is 8.65. The molecule has 1 heteroatoms. The SMILES string of the molecule is CN1c2cc3c(cc2Cc2ccc4c(c21)-c1ccccc1C4)Cc1ccccc1-3. The van der Waals surface area contributed by atoms with E-state index in [-0.39, 0.29) is 0 Å². The molecule has 0 saturated carbocycles. The molecule has 138 valence electrons. The van der Waals surface area contributed by atoms with Gasteiger partial charge in [-0.1, -0.05) is 66.7 Å². The van der Waals surface area contributed by atoms with Crippen molar-refractivity contribution in [3.63, 3.8) is 0 Å². The van der Waals surface area contributed by atoms with E-state index in [9.17, 15) is 0 Å². The fraction of sp³-hybridized carbons (Fsp3) is 0.143. The monoisotopic (exact) mass is 371 g/mol. The number of anilines is 2. The molecule has 0 saturated heterocycles. The first-order chi connectivity index (χ1) is 14.3. The summed E-state index contributed by atoms with van der Waals surface area (Å²) >= 11 is 0. The summed E-state index contributed by atoms with van der Waals surface area (Å²) in [6, 6.07) is 27.4. The molecule has 29 heavy (non-hydrogen) atoms. The van der Waals surface area contributed by atoms with Crippen LogP contribution in [0, 0.1) is 0 Å². The number of hydrogen-bond acceptors (Lipinski definition) is 1. The number of hydrogen-bond donors (Lipinski definition) is 0. The van der Waals surface area contributed by atoms with Crippen molar-refractivity contribution in [3.05, 3.63) is 106 Å². The van der Waals surface area contributed by atoms with Crippen LogP contribution >= 0.6 is 0 Å². The summed E-state index contributed by atoms with van der Waals surface area (Å²) in [7, 11) is 2.26. The highest BCUT2D eigenvalue weighted by molar-refractivity contribution is 5.94. The van der Waals surface area contributed by atoms with Crippen molar-refractivity contribution in [1.82, 2.24) is 0 Å². The van der Waals surface area contributed by atoms with Crippen LogP contribution < -0.4 is 4.90 Å². The fourth-order valence-electron chi connectivity index (χ4n) is 5.78. The molecule has 1 nitrogen and oxygen atoms in total. The van der Waals surface area contributed by atoms with Crippen molar-refractivity contribution in [1.29, 1.82) is 0 Å². The molecule has 1 aliphatic heterocycles. The van der Waals surface area contributed by atoms with Crippen LogP contribution in [0.5, 0.6) is 0 Å². The van der Waals surface area contributed by atoms with Gasteiger partial charge in [0.05, 0.1) is 5.69 Å². The molecular formula is C28H21N. The van der Waals surface area contributed by atoms with Gasteiger partial charge in [0.1, 0.15) is 0 Å². The predicted octanol–water partition coefficient (Wildman–Crippen LogP) is 6.50. The Morgan fingerprint density at radius 1 is 0.552 bits per heavy atom. The quantitative estimate of drug-likeness (QED) is 0.294. The minimum absolute atomic E-state index is 1.02. The summed E-state index contributed by atoms with van der Waals surface area (Å²) < 4.78 is 0. The topological polar surface area (TPSA) is 3.24 Å². The van der Waals surface area contributed by atoms with Gasteiger partial charge in [-0.3, -0.25) is 0 Å². The fourth-order valence-corrected chi connectivity index (χ4v) is 5.78. The van der Waals surface area contributed by atoms with Gasteiger partial charge < -0.3 is 4.90 Å². The van der Waals surface area contributed by atoms with Crippen LogP contribution in [0.4, 0.5) is 11.4 Å². The van der Waals surface area contributed by atoms with E-state index in [2.05, 4.69) is 84.7 Å². The van der Waals surface area contributed by atoms with E-state index in [1.165, 1.54) is 67.0 Å². The molecule has 1 heterocycles. The third kappa shape index (κ3) is 2.00. The molecule has 3 aliphatic rings. The van der Waals surface area contributed by atoms with E-state index < -0.39 is 0 Å².